The second kappa shape index (κ2) is 6.37. The second-order valence-electron chi connectivity index (χ2n) is 9.98. The number of hydrogen-bond donors (Lipinski definition) is 2. The number of fused-ring (bicyclic) bond motifs is 1. The fraction of sp³-hybridized carbons (Fsp3) is 0.522. The Hall–Kier alpha value is -2.25. The Balaban J connectivity index is 1.28. The third kappa shape index (κ3) is 2.90. The van der Waals surface area contributed by atoms with Crippen LogP contribution in [0, 0.1) is 11.8 Å². The van der Waals surface area contributed by atoms with Gasteiger partial charge in [-0.3, -0.25) is 10.1 Å². The summed E-state index contributed by atoms with van der Waals surface area (Å²) < 4.78 is 1.12. The molecule has 156 valence electrons. The van der Waals surface area contributed by atoms with E-state index in [-0.39, 0.29) is 17.0 Å². The maximum Gasteiger partial charge on any atom is 0.274 e. The van der Waals surface area contributed by atoms with Crippen LogP contribution in [0.25, 0.3) is 16.3 Å². The number of thiazole rings is 1. The molecule has 2 unspecified atom stereocenters. The third-order valence-corrected chi connectivity index (χ3v) is 8.48. The number of benzene rings is 1. The van der Waals surface area contributed by atoms with Gasteiger partial charge in [0.05, 0.1) is 21.3 Å². The summed E-state index contributed by atoms with van der Waals surface area (Å²) in [7, 11) is 4.45. The predicted molar refractivity (Wildman–Crippen MR) is 120 cm³/mol. The van der Waals surface area contributed by atoms with Gasteiger partial charge in [0.2, 0.25) is 5.96 Å². The van der Waals surface area contributed by atoms with Crippen LogP contribution in [0.2, 0.25) is 0 Å². The summed E-state index contributed by atoms with van der Waals surface area (Å²) in [5, 5.41) is 6.25. The molecule has 4 saturated carbocycles. The van der Waals surface area contributed by atoms with Crippen molar-refractivity contribution in [1.82, 2.24) is 20.5 Å². The molecule has 5 fully saturated rings. The maximum atomic E-state index is 12.6. The summed E-state index contributed by atoms with van der Waals surface area (Å²) in [5.74, 6) is 2.04. The predicted octanol–water partition coefficient (Wildman–Crippen LogP) is 3.37. The van der Waals surface area contributed by atoms with E-state index in [0.717, 1.165) is 46.9 Å². The molecule has 1 aliphatic heterocycles. The zero-order valence-corrected chi connectivity index (χ0v) is 18.3. The van der Waals surface area contributed by atoms with E-state index in [1.54, 1.807) is 11.3 Å². The van der Waals surface area contributed by atoms with E-state index in [1.165, 1.54) is 19.3 Å². The molecule has 1 aromatic carbocycles. The maximum absolute atomic E-state index is 12.6. The van der Waals surface area contributed by atoms with E-state index in [1.807, 2.05) is 23.7 Å². The van der Waals surface area contributed by atoms with Gasteiger partial charge in [0, 0.05) is 5.54 Å². The van der Waals surface area contributed by atoms with E-state index >= 15 is 0 Å². The number of nitrogens with one attached hydrogen (secondary N) is 2. The molecule has 0 spiro atoms. The van der Waals surface area contributed by atoms with Gasteiger partial charge in [-0.05, 0) is 88.2 Å². The number of nitrogens with zero attached hydrogens (tertiary/aromatic N) is 3. The second-order valence-corrected chi connectivity index (χ2v) is 10.9. The van der Waals surface area contributed by atoms with Crippen molar-refractivity contribution in [3.05, 3.63) is 35.0 Å². The Morgan fingerprint density at radius 3 is 2.77 bits per heavy atom. The van der Waals surface area contributed by atoms with Gasteiger partial charge in [-0.15, -0.1) is 11.3 Å². The van der Waals surface area contributed by atoms with Gasteiger partial charge in [-0.2, -0.15) is 0 Å². The van der Waals surface area contributed by atoms with E-state index in [9.17, 15) is 4.79 Å². The zero-order chi connectivity index (χ0) is 20.5. The Bertz CT molecular complexity index is 1090. The average Bonchev–Trinajstić information content (AvgIpc) is 3.26. The van der Waals surface area contributed by atoms with Crippen LogP contribution in [0.3, 0.4) is 0 Å². The highest BCUT2D eigenvalue weighted by Crippen LogP contribution is 2.60. The smallest absolute Gasteiger partial charge is 0.274 e. The first kappa shape index (κ1) is 18.5. The van der Waals surface area contributed by atoms with Gasteiger partial charge in [-0.25, -0.2) is 9.98 Å². The first-order valence-electron chi connectivity index (χ1n) is 10.8. The normalized spacial score (nSPS) is 37.5. The van der Waals surface area contributed by atoms with Crippen molar-refractivity contribution in [1.29, 1.82) is 0 Å². The summed E-state index contributed by atoms with van der Waals surface area (Å²) >= 11 is 1.61. The standard InChI is InChI=1S/C23H27N5OS/c1-28(2)23-10-15-5-16(11-23)9-22(8-15,12-23)27-21-25-18(20(29)26-21)6-14-3-4-17-19(7-14)30-13-24-17/h3-4,6-7,13,15-16H,5,8-12H2,1-2H3,(H2,25,26,27,29)/b18-6-. The summed E-state index contributed by atoms with van der Waals surface area (Å²) in [5.41, 5.74) is 4.63. The van der Waals surface area contributed by atoms with Crippen LogP contribution < -0.4 is 10.6 Å². The fourth-order valence-electron chi connectivity index (χ4n) is 6.73. The Morgan fingerprint density at radius 1 is 1.20 bits per heavy atom. The van der Waals surface area contributed by atoms with E-state index in [0.29, 0.717) is 11.7 Å². The molecular weight excluding hydrogens is 394 g/mol. The molecule has 2 atom stereocenters. The number of aliphatic imine (C=N–C) groups is 1. The lowest BCUT2D eigenvalue weighted by atomic mass is 9.49. The molecule has 2 N–H and O–H groups in total. The zero-order valence-electron chi connectivity index (χ0n) is 17.4. The number of hydrogen-bond acceptors (Lipinski definition) is 5. The van der Waals surface area contributed by atoms with Gasteiger partial charge < -0.3 is 10.2 Å². The molecule has 1 saturated heterocycles. The van der Waals surface area contributed by atoms with Crippen LogP contribution >= 0.6 is 11.3 Å². The molecule has 4 aliphatic carbocycles. The summed E-state index contributed by atoms with van der Waals surface area (Å²) in [6.07, 6.45) is 9.26. The van der Waals surface area contributed by atoms with Crippen LogP contribution in [0.15, 0.2) is 34.4 Å². The topological polar surface area (TPSA) is 69.6 Å². The number of aromatic nitrogens is 1. The van der Waals surface area contributed by atoms with Crippen molar-refractivity contribution in [2.75, 3.05) is 14.1 Å². The van der Waals surface area contributed by atoms with Gasteiger partial charge in [0.15, 0.2) is 0 Å². The molecule has 6 nitrogen and oxygen atoms in total. The molecule has 5 aliphatic rings. The first-order valence-corrected chi connectivity index (χ1v) is 11.7. The molecule has 1 aromatic heterocycles. The minimum absolute atomic E-state index is 0.0407. The molecule has 2 aromatic rings. The highest BCUT2D eigenvalue weighted by atomic mass is 32.1. The van der Waals surface area contributed by atoms with Gasteiger partial charge in [0.25, 0.3) is 5.91 Å². The Kier molecular flexibility index (Phi) is 3.93. The van der Waals surface area contributed by atoms with E-state index in [2.05, 4.69) is 40.7 Å². The highest BCUT2D eigenvalue weighted by Gasteiger charge is 2.59. The van der Waals surface area contributed by atoms with E-state index in [4.69, 9.17) is 4.99 Å². The van der Waals surface area contributed by atoms with Crippen molar-refractivity contribution in [3.63, 3.8) is 0 Å². The molecule has 2 heterocycles. The summed E-state index contributed by atoms with van der Waals surface area (Å²) in [4.78, 5) is 24.6. The minimum Gasteiger partial charge on any atom is -0.321 e. The van der Waals surface area contributed by atoms with Crippen molar-refractivity contribution in [2.24, 2.45) is 16.8 Å². The Labute approximate surface area is 180 Å². The van der Waals surface area contributed by atoms with Crippen LogP contribution in [-0.2, 0) is 4.79 Å². The van der Waals surface area contributed by atoms with Crippen molar-refractivity contribution in [2.45, 2.75) is 49.6 Å². The van der Waals surface area contributed by atoms with Crippen molar-refractivity contribution in [3.8, 4) is 0 Å². The van der Waals surface area contributed by atoms with Crippen LogP contribution in [0.1, 0.15) is 44.1 Å². The van der Waals surface area contributed by atoms with Crippen molar-refractivity contribution < 1.29 is 4.79 Å². The lowest BCUT2D eigenvalue weighted by Crippen LogP contribution is -2.63. The molecule has 4 bridgehead atoms. The third-order valence-electron chi connectivity index (χ3n) is 7.69. The average molecular weight is 422 g/mol. The molecule has 7 rings (SSSR count). The minimum atomic E-state index is -0.106. The number of guanidine groups is 1. The summed E-state index contributed by atoms with van der Waals surface area (Å²) in [6.45, 7) is 0. The van der Waals surface area contributed by atoms with Crippen LogP contribution in [-0.4, -0.2) is 46.9 Å². The molecule has 0 radical (unpaired) electrons. The van der Waals surface area contributed by atoms with E-state index < -0.39 is 0 Å². The number of rotatable bonds is 3. The van der Waals surface area contributed by atoms with Crippen LogP contribution in [0.4, 0.5) is 0 Å². The largest absolute Gasteiger partial charge is 0.321 e. The van der Waals surface area contributed by atoms with Gasteiger partial charge in [0.1, 0.15) is 5.70 Å². The SMILES string of the molecule is CN(C)C12CC3CC(CC(N=C4NC(=O)/C(=C/c5ccc6ncsc6c5)N4)(C3)C1)C2. The number of carbonyl (C=O) groups excluding carboxylic acids is 1. The van der Waals surface area contributed by atoms with Gasteiger partial charge in [-0.1, -0.05) is 6.07 Å². The van der Waals surface area contributed by atoms with Crippen molar-refractivity contribution >= 4 is 39.5 Å². The molecule has 7 heteroatoms. The molecule has 30 heavy (non-hydrogen) atoms. The fourth-order valence-corrected chi connectivity index (χ4v) is 7.46. The first-order chi connectivity index (χ1) is 14.4. The lowest BCUT2D eigenvalue weighted by Gasteiger charge is -2.62. The van der Waals surface area contributed by atoms with Crippen LogP contribution in [0.5, 0.6) is 0 Å². The van der Waals surface area contributed by atoms with Gasteiger partial charge >= 0.3 is 0 Å². The molecule has 1 amide bonds. The summed E-state index contributed by atoms with van der Waals surface area (Å²) in [6, 6.07) is 6.07. The number of carbonyl (C=O) groups is 1. The highest BCUT2D eigenvalue weighted by molar-refractivity contribution is 7.16. The quantitative estimate of drug-likeness (QED) is 0.746. The number of amides is 1. The monoisotopic (exact) mass is 421 g/mol. The Morgan fingerprint density at radius 2 is 2.00 bits per heavy atom. The molecular formula is C23H27N5OS. The lowest BCUT2D eigenvalue weighted by molar-refractivity contribution is -0.115.